The maximum Gasteiger partial charge on any atom is 0.425 e. The third-order valence-electron chi connectivity index (χ3n) is 1.88. The van der Waals surface area contributed by atoms with Crippen LogP contribution in [0.25, 0.3) is 0 Å². The van der Waals surface area contributed by atoms with Crippen molar-refractivity contribution in [3.8, 4) is 5.75 Å². The molecule has 0 fully saturated rings. The zero-order valence-corrected chi connectivity index (χ0v) is 8.28. The third kappa shape index (κ3) is 3.15. The molecule has 0 bridgehead atoms. The van der Waals surface area contributed by atoms with Gasteiger partial charge < -0.3 is 9.84 Å². The average molecular weight is 234 g/mol. The lowest BCUT2D eigenvalue weighted by molar-refractivity contribution is -0.189. The van der Waals surface area contributed by atoms with Gasteiger partial charge in [0.05, 0.1) is 5.56 Å². The van der Waals surface area contributed by atoms with Crippen molar-refractivity contribution in [3.63, 3.8) is 0 Å². The van der Waals surface area contributed by atoms with Crippen LogP contribution < -0.4 is 4.74 Å². The molecular weight excluding hydrogens is 225 g/mol. The van der Waals surface area contributed by atoms with E-state index >= 15 is 0 Å². The topological polar surface area (TPSA) is 46.5 Å². The molecule has 0 aliphatic carbocycles. The molecule has 3 nitrogen and oxygen atoms in total. The highest BCUT2D eigenvalue weighted by Gasteiger charge is 2.37. The summed E-state index contributed by atoms with van der Waals surface area (Å²) in [5.74, 6) is -1.16. The van der Waals surface area contributed by atoms with Crippen molar-refractivity contribution < 1.29 is 27.8 Å². The second-order valence-electron chi connectivity index (χ2n) is 3.13. The van der Waals surface area contributed by atoms with Crippen molar-refractivity contribution in [1.82, 2.24) is 0 Å². The molecule has 1 N–H and O–H groups in total. The lowest BCUT2D eigenvalue weighted by Gasteiger charge is -2.17. The smallest absolute Gasteiger partial charge is 0.425 e. The second kappa shape index (κ2) is 4.42. The Labute approximate surface area is 89.5 Å². The third-order valence-corrected chi connectivity index (χ3v) is 1.88. The molecule has 0 aliphatic heterocycles. The van der Waals surface area contributed by atoms with Crippen molar-refractivity contribution in [1.29, 1.82) is 0 Å². The molecule has 16 heavy (non-hydrogen) atoms. The Morgan fingerprint density at radius 3 is 2.19 bits per heavy atom. The minimum atomic E-state index is -4.44. The molecule has 0 saturated carbocycles. The Balaban J connectivity index is 2.73. The summed E-state index contributed by atoms with van der Waals surface area (Å²) >= 11 is 0. The predicted molar refractivity (Wildman–Crippen MR) is 49.5 cm³/mol. The fourth-order valence-corrected chi connectivity index (χ4v) is 0.947. The van der Waals surface area contributed by atoms with E-state index in [0.717, 1.165) is 6.92 Å². The van der Waals surface area contributed by atoms with Crippen LogP contribution in [0.15, 0.2) is 24.3 Å². The van der Waals surface area contributed by atoms with E-state index in [9.17, 15) is 18.0 Å². The minimum Gasteiger partial charge on any atom is -0.481 e. The number of carbonyl (C=O) groups is 1. The number of ether oxygens (including phenoxy) is 1. The van der Waals surface area contributed by atoms with Crippen LogP contribution in [-0.4, -0.2) is 23.4 Å². The summed E-state index contributed by atoms with van der Waals surface area (Å²) in [6, 6.07) is 4.74. The second-order valence-corrected chi connectivity index (χ2v) is 3.13. The van der Waals surface area contributed by atoms with Crippen molar-refractivity contribution in [3.05, 3.63) is 29.8 Å². The van der Waals surface area contributed by atoms with E-state index in [1.807, 2.05) is 0 Å². The van der Waals surface area contributed by atoms with E-state index in [4.69, 9.17) is 5.11 Å². The molecule has 0 aromatic heterocycles. The van der Waals surface area contributed by atoms with Gasteiger partial charge in [0.15, 0.2) is 6.10 Å². The first kappa shape index (κ1) is 12.4. The summed E-state index contributed by atoms with van der Waals surface area (Å²) in [6.45, 7) is 0.880. The van der Waals surface area contributed by atoms with Crippen molar-refractivity contribution in [2.45, 2.75) is 19.2 Å². The Morgan fingerprint density at radius 2 is 1.81 bits per heavy atom. The van der Waals surface area contributed by atoms with Crippen LogP contribution in [0.5, 0.6) is 5.75 Å². The first-order valence-electron chi connectivity index (χ1n) is 4.37. The summed E-state index contributed by atoms with van der Waals surface area (Å²) in [5, 5.41) is 8.57. The number of carboxylic acid groups (broad SMARTS) is 1. The van der Waals surface area contributed by atoms with Gasteiger partial charge in [0, 0.05) is 0 Å². The fourth-order valence-electron chi connectivity index (χ4n) is 0.947. The predicted octanol–water partition coefficient (Wildman–Crippen LogP) is 2.71. The lowest BCUT2D eigenvalue weighted by atomic mass is 10.2. The van der Waals surface area contributed by atoms with Crippen LogP contribution in [0.3, 0.4) is 0 Å². The van der Waals surface area contributed by atoms with Crippen LogP contribution >= 0.6 is 0 Å². The number of halogens is 3. The first-order chi connectivity index (χ1) is 7.30. The Hall–Kier alpha value is -1.72. The van der Waals surface area contributed by atoms with Gasteiger partial charge in [0.1, 0.15) is 5.75 Å². The molecule has 1 unspecified atom stereocenters. The molecule has 0 heterocycles. The summed E-state index contributed by atoms with van der Waals surface area (Å²) in [4.78, 5) is 10.5. The van der Waals surface area contributed by atoms with Gasteiger partial charge in [-0.25, -0.2) is 4.79 Å². The molecule has 0 spiro atoms. The first-order valence-corrected chi connectivity index (χ1v) is 4.37. The van der Waals surface area contributed by atoms with Gasteiger partial charge in [0.2, 0.25) is 0 Å². The Bertz CT molecular complexity index is 370. The average Bonchev–Trinajstić information content (AvgIpc) is 2.17. The van der Waals surface area contributed by atoms with Crippen LogP contribution in [0, 0.1) is 0 Å². The van der Waals surface area contributed by atoms with Gasteiger partial charge in [-0.05, 0) is 31.2 Å². The van der Waals surface area contributed by atoms with E-state index in [1.54, 1.807) is 0 Å². The number of benzene rings is 1. The number of alkyl halides is 3. The molecule has 1 rings (SSSR count). The van der Waals surface area contributed by atoms with Gasteiger partial charge in [-0.3, -0.25) is 0 Å². The van der Waals surface area contributed by atoms with E-state index < -0.39 is 18.2 Å². The van der Waals surface area contributed by atoms with Crippen LogP contribution in [0.2, 0.25) is 0 Å². The van der Waals surface area contributed by atoms with Crippen LogP contribution in [0.4, 0.5) is 13.2 Å². The molecule has 0 saturated heterocycles. The van der Waals surface area contributed by atoms with Gasteiger partial charge >= 0.3 is 12.1 Å². The maximum atomic E-state index is 12.1. The van der Waals surface area contributed by atoms with Crippen molar-refractivity contribution in [2.75, 3.05) is 0 Å². The molecule has 0 amide bonds. The summed E-state index contributed by atoms with van der Waals surface area (Å²) in [7, 11) is 0. The number of hydrogen-bond acceptors (Lipinski definition) is 2. The van der Waals surface area contributed by atoms with Gasteiger partial charge in [-0.2, -0.15) is 13.2 Å². The lowest BCUT2D eigenvalue weighted by Crippen LogP contribution is -2.31. The maximum absolute atomic E-state index is 12.1. The zero-order chi connectivity index (χ0) is 12.3. The number of rotatable bonds is 3. The molecule has 1 aromatic carbocycles. The monoisotopic (exact) mass is 234 g/mol. The van der Waals surface area contributed by atoms with E-state index in [-0.39, 0.29) is 11.3 Å². The number of aromatic carboxylic acids is 1. The van der Waals surface area contributed by atoms with Gasteiger partial charge in [-0.15, -0.1) is 0 Å². The number of carboxylic acids is 1. The molecule has 88 valence electrons. The standard InChI is InChI=1S/C10H9F3O3/c1-6(10(11,12)13)16-8-4-2-7(3-5-8)9(14)15/h2-6H,1H3,(H,14,15). The molecule has 0 aliphatic rings. The van der Waals surface area contributed by atoms with E-state index in [0.29, 0.717) is 0 Å². The molecular formula is C10H9F3O3. The largest absolute Gasteiger partial charge is 0.481 e. The normalized spacial score (nSPS) is 13.2. The van der Waals surface area contributed by atoms with Crippen molar-refractivity contribution in [2.24, 2.45) is 0 Å². The van der Waals surface area contributed by atoms with Gasteiger partial charge in [-0.1, -0.05) is 0 Å². The Kier molecular flexibility index (Phi) is 3.41. The van der Waals surface area contributed by atoms with Gasteiger partial charge in [0.25, 0.3) is 0 Å². The van der Waals surface area contributed by atoms with E-state index in [1.165, 1.54) is 24.3 Å². The molecule has 1 aromatic rings. The molecule has 0 radical (unpaired) electrons. The van der Waals surface area contributed by atoms with Crippen LogP contribution in [0.1, 0.15) is 17.3 Å². The molecule has 6 heteroatoms. The quantitative estimate of drug-likeness (QED) is 0.874. The highest BCUT2D eigenvalue weighted by atomic mass is 19.4. The minimum absolute atomic E-state index is 0.00740. The number of hydrogen-bond donors (Lipinski definition) is 1. The molecule has 1 atom stereocenters. The zero-order valence-electron chi connectivity index (χ0n) is 8.28. The van der Waals surface area contributed by atoms with Crippen molar-refractivity contribution >= 4 is 5.97 Å². The summed E-state index contributed by atoms with van der Waals surface area (Å²) in [5.41, 5.74) is -0.00740. The highest BCUT2D eigenvalue weighted by Crippen LogP contribution is 2.24. The van der Waals surface area contributed by atoms with E-state index in [2.05, 4.69) is 4.74 Å². The SMILES string of the molecule is CC(Oc1ccc(C(=O)O)cc1)C(F)(F)F. The summed E-state index contributed by atoms with van der Waals surface area (Å²) < 4.78 is 41.0. The van der Waals surface area contributed by atoms with Crippen LogP contribution in [-0.2, 0) is 0 Å². The summed E-state index contributed by atoms with van der Waals surface area (Å²) in [6.07, 6.45) is -6.37. The fraction of sp³-hybridized carbons (Fsp3) is 0.300. The highest BCUT2D eigenvalue weighted by molar-refractivity contribution is 5.87. The Morgan fingerprint density at radius 1 is 1.31 bits per heavy atom.